The van der Waals surface area contributed by atoms with Crippen LogP contribution >= 0.6 is 11.3 Å². The topological polar surface area (TPSA) is 96.6 Å². The maximum Gasteiger partial charge on any atom is 0.163 e. The Morgan fingerprint density at radius 1 is 0.667 bits per heavy atom. The minimum Gasteiger partial charge on any atom is -0.373 e. The fraction of sp³-hybridized carbons (Fsp3) is 0.208. The quantitative estimate of drug-likeness (QED) is 0.236. The first kappa shape index (κ1) is 21.3. The van der Waals surface area contributed by atoms with Crippen molar-refractivity contribution >= 4 is 11.3 Å². The molecule has 0 bridgehead atoms. The molecule has 0 amide bonds. The van der Waals surface area contributed by atoms with Gasteiger partial charge in [0.2, 0.25) is 0 Å². The Kier molecular flexibility index (Phi) is 6.71. The van der Waals surface area contributed by atoms with Crippen LogP contribution in [-0.4, -0.2) is 22.1 Å². The molecule has 0 aliphatic carbocycles. The van der Waals surface area contributed by atoms with Gasteiger partial charge in [-0.15, -0.1) is 11.3 Å². The third-order valence-corrected chi connectivity index (χ3v) is 5.70. The molecule has 0 unspecified atom stereocenters. The van der Waals surface area contributed by atoms with Crippen molar-refractivity contribution in [1.82, 2.24) is 15.5 Å². The molecule has 5 rings (SSSR count). The Morgan fingerprint density at radius 3 is 2.06 bits per heavy atom. The van der Waals surface area contributed by atoms with Crippen LogP contribution in [0.25, 0.3) is 22.0 Å². The van der Waals surface area contributed by atoms with E-state index in [-0.39, 0.29) is 0 Å². The molecule has 4 heterocycles. The third-order valence-electron chi connectivity index (χ3n) is 4.81. The van der Waals surface area contributed by atoms with E-state index in [1.165, 1.54) is 0 Å². The lowest BCUT2D eigenvalue weighted by Crippen LogP contribution is -1.97. The molecule has 4 aromatic heterocycles. The van der Waals surface area contributed by atoms with Crippen molar-refractivity contribution in [3.63, 3.8) is 0 Å². The molecular formula is C24H21N3O5S. The molecular weight excluding hydrogens is 442 g/mol. The second-order valence-corrected chi connectivity index (χ2v) is 8.24. The normalized spacial score (nSPS) is 11.3. The summed E-state index contributed by atoms with van der Waals surface area (Å²) in [4.78, 5) is 1.08. The zero-order chi connectivity index (χ0) is 22.3. The second-order valence-electron chi connectivity index (χ2n) is 7.29. The highest BCUT2D eigenvalue weighted by atomic mass is 32.1. The van der Waals surface area contributed by atoms with Gasteiger partial charge in [0, 0.05) is 24.6 Å². The first-order valence-corrected chi connectivity index (χ1v) is 11.3. The number of rotatable bonds is 11. The average molecular weight is 464 g/mol. The lowest BCUT2D eigenvalue weighted by Gasteiger charge is -2.00. The van der Waals surface area contributed by atoms with Gasteiger partial charge in [0.25, 0.3) is 0 Å². The molecule has 0 fully saturated rings. The lowest BCUT2D eigenvalue weighted by atomic mass is 10.2. The molecule has 0 saturated carbocycles. The molecule has 9 heteroatoms. The van der Waals surface area contributed by atoms with Gasteiger partial charge < -0.3 is 23.0 Å². The van der Waals surface area contributed by atoms with Gasteiger partial charge in [0.05, 0.1) is 18.1 Å². The van der Waals surface area contributed by atoms with E-state index in [1.807, 2.05) is 53.9 Å². The van der Waals surface area contributed by atoms with Crippen molar-refractivity contribution in [2.24, 2.45) is 0 Å². The van der Waals surface area contributed by atoms with Gasteiger partial charge in [0.15, 0.2) is 11.5 Å². The zero-order valence-electron chi connectivity index (χ0n) is 17.7. The van der Waals surface area contributed by atoms with Crippen molar-refractivity contribution in [3.05, 3.63) is 88.9 Å². The standard InChI is InChI=1S/C24H21N3O5S/c1-2-5-17(6-3-1)14-29-16-20-13-22(26-32-20)21-12-19(31-25-21)15-28-9-8-18-11-23(27-30-18)24-7-4-10-33-24/h1-7,10-13H,8-9,14-16H2. The van der Waals surface area contributed by atoms with E-state index in [4.69, 9.17) is 23.0 Å². The van der Waals surface area contributed by atoms with Gasteiger partial charge in [-0.2, -0.15) is 0 Å². The molecule has 1 aromatic carbocycles. The van der Waals surface area contributed by atoms with Crippen LogP contribution in [-0.2, 0) is 35.7 Å². The molecule has 0 saturated heterocycles. The predicted octanol–water partition coefficient (Wildman–Crippen LogP) is 5.52. The highest BCUT2D eigenvalue weighted by molar-refractivity contribution is 7.13. The largest absolute Gasteiger partial charge is 0.373 e. The molecule has 168 valence electrons. The first-order valence-electron chi connectivity index (χ1n) is 10.4. The summed E-state index contributed by atoms with van der Waals surface area (Å²) in [5, 5.41) is 14.2. The number of benzene rings is 1. The fourth-order valence-corrected chi connectivity index (χ4v) is 3.84. The summed E-state index contributed by atoms with van der Waals surface area (Å²) in [6.07, 6.45) is 0.620. The minimum absolute atomic E-state index is 0.295. The minimum atomic E-state index is 0.295. The molecule has 0 atom stereocenters. The van der Waals surface area contributed by atoms with Crippen LogP contribution in [0.15, 0.2) is 79.6 Å². The van der Waals surface area contributed by atoms with Crippen molar-refractivity contribution in [2.75, 3.05) is 6.61 Å². The van der Waals surface area contributed by atoms with Crippen molar-refractivity contribution in [3.8, 4) is 22.0 Å². The van der Waals surface area contributed by atoms with Crippen LogP contribution in [0.4, 0.5) is 0 Å². The molecule has 8 nitrogen and oxygen atoms in total. The Labute approximate surface area is 193 Å². The summed E-state index contributed by atoms with van der Waals surface area (Å²) in [7, 11) is 0. The van der Waals surface area contributed by atoms with Crippen LogP contribution in [0.1, 0.15) is 22.8 Å². The third kappa shape index (κ3) is 5.64. The summed E-state index contributed by atoms with van der Waals surface area (Å²) < 4.78 is 27.4. The van der Waals surface area contributed by atoms with Crippen LogP contribution in [0, 0.1) is 0 Å². The summed E-state index contributed by atoms with van der Waals surface area (Å²) >= 11 is 1.63. The summed E-state index contributed by atoms with van der Waals surface area (Å²) in [5.41, 5.74) is 3.12. The molecule has 0 aliphatic rings. The molecule has 33 heavy (non-hydrogen) atoms. The number of aromatic nitrogens is 3. The second kappa shape index (κ2) is 10.4. The van der Waals surface area contributed by atoms with E-state index in [2.05, 4.69) is 15.5 Å². The van der Waals surface area contributed by atoms with Gasteiger partial charge in [0.1, 0.15) is 36.1 Å². The van der Waals surface area contributed by atoms with Crippen LogP contribution in [0.2, 0.25) is 0 Å². The van der Waals surface area contributed by atoms with Crippen LogP contribution in [0.3, 0.4) is 0 Å². The van der Waals surface area contributed by atoms with Crippen molar-refractivity contribution in [2.45, 2.75) is 26.2 Å². The highest BCUT2D eigenvalue weighted by Crippen LogP contribution is 2.24. The average Bonchev–Trinajstić information content (AvgIpc) is 3.64. The summed E-state index contributed by atoms with van der Waals surface area (Å²) in [6.45, 7) is 1.60. The molecule has 0 aliphatic heterocycles. The van der Waals surface area contributed by atoms with E-state index in [9.17, 15) is 0 Å². The summed E-state index contributed by atoms with van der Waals surface area (Å²) in [5.74, 6) is 2.00. The van der Waals surface area contributed by atoms with Gasteiger partial charge in [-0.25, -0.2) is 0 Å². The molecule has 0 radical (unpaired) electrons. The Bertz CT molecular complexity index is 1260. The first-order chi connectivity index (χ1) is 16.3. The monoisotopic (exact) mass is 463 g/mol. The van der Waals surface area contributed by atoms with Gasteiger partial charge in [-0.3, -0.25) is 0 Å². The number of nitrogens with zero attached hydrogens (tertiary/aromatic N) is 3. The highest BCUT2D eigenvalue weighted by Gasteiger charge is 2.13. The smallest absolute Gasteiger partial charge is 0.163 e. The predicted molar refractivity (Wildman–Crippen MR) is 120 cm³/mol. The number of hydrogen-bond donors (Lipinski definition) is 0. The van der Waals surface area contributed by atoms with E-state index < -0.39 is 0 Å². The maximum absolute atomic E-state index is 5.69. The van der Waals surface area contributed by atoms with Gasteiger partial charge in [-0.05, 0) is 17.0 Å². The Hall–Kier alpha value is -3.53. The van der Waals surface area contributed by atoms with Gasteiger partial charge in [-0.1, -0.05) is 51.9 Å². The Morgan fingerprint density at radius 2 is 1.33 bits per heavy atom. The Balaban J connectivity index is 1.06. The van der Waals surface area contributed by atoms with E-state index in [0.717, 1.165) is 21.9 Å². The van der Waals surface area contributed by atoms with Crippen molar-refractivity contribution in [1.29, 1.82) is 0 Å². The summed E-state index contributed by atoms with van der Waals surface area (Å²) in [6, 6.07) is 19.5. The van der Waals surface area contributed by atoms with E-state index in [0.29, 0.717) is 55.8 Å². The maximum atomic E-state index is 5.69. The lowest BCUT2D eigenvalue weighted by molar-refractivity contribution is 0.0884. The molecule has 0 spiro atoms. The molecule has 0 N–H and O–H groups in total. The molecule has 5 aromatic rings. The van der Waals surface area contributed by atoms with Crippen LogP contribution in [0.5, 0.6) is 0 Å². The number of ether oxygens (including phenoxy) is 2. The van der Waals surface area contributed by atoms with Crippen LogP contribution < -0.4 is 0 Å². The number of hydrogen-bond acceptors (Lipinski definition) is 9. The fourth-order valence-electron chi connectivity index (χ4n) is 3.16. The van der Waals surface area contributed by atoms with Gasteiger partial charge >= 0.3 is 0 Å². The van der Waals surface area contributed by atoms with E-state index >= 15 is 0 Å². The SMILES string of the molecule is c1ccc(COCc2cc(-c3cc(COCCc4cc(-c5cccs5)no4)on3)no2)cc1. The zero-order valence-corrected chi connectivity index (χ0v) is 18.5. The van der Waals surface area contributed by atoms with Crippen molar-refractivity contribution < 1.29 is 23.0 Å². The van der Waals surface area contributed by atoms with E-state index in [1.54, 1.807) is 23.5 Å². The number of thiophene rings is 1.